The Balaban J connectivity index is 1.70. The first-order valence-corrected chi connectivity index (χ1v) is 13.5. The van der Waals surface area contributed by atoms with Crippen LogP contribution >= 0.6 is 0 Å². The van der Waals surface area contributed by atoms with Crippen LogP contribution in [0.3, 0.4) is 0 Å². The molecule has 1 heterocycles. The van der Waals surface area contributed by atoms with Gasteiger partial charge in [-0.15, -0.1) is 0 Å². The molecule has 0 saturated heterocycles. The Morgan fingerprint density at radius 3 is 2.08 bits per heavy atom. The SMILES string of the molecule is C=C/C=C\C(=C/C)c1ccc2c(c1)oc1cccc(-c3c(C=C)c(C=C)c(-c4ccccc4)c4ccccc34)c12. The van der Waals surface area contributed by atoms with Gasteiger partial charge < -0.3 is 4.42 Å². The zero-order chi connectivity index (χ0) is 27.6. The molecular formula is C39H30O. The first-order chi connectivity index (χ1) is 19.7. The second-order valence-electron chi connectivity index (χ2n) is 9.73. The summed E-state index contributed by atoms with van der Waals surface area (Å²) in [6.07, 6.45) is 11.8. The van der Waals surface area contributed by atoms with E-state index in [1.165, 1.54) is 16.3 Å². The highest BCUT2D eigenvalue weighted by Gasteiger charge is 2.21. The number of allylic oxidation sites excluding steroid dienone is 5. The van der Waals surface area contributed by atoms with Crippen molar-refractivity contribution in [2.45, 2.75) is 6.92 Å². The van der Waals surface area contributed by atoms with Crippen LogP contribution in [0.15, 0.2) is 139 Å². The third-order valence-electron chi connectivity index (χ3n) is 7.59. The van der Waals surface area contributed by atoms with Crippen molar-refractivity contribution < 1.29 is 4.42 Å². The van der Waals surface area contributed by atoms with E-state index in [9.17, 15) is 0 Å². The second-order valence-corrected chi connectivity index (χ2v) is 9.73. The summed E-state index contributed by atoms with van der Waals surface area (Å²) < 4.78 is 6.47. The highest BCUT2D eigenvalue weighted by molar-refractivity contribution is 6.19. The van der Waals surface area contributed by atoms with Crippen molar-refractivity contribution in [1.29, 1.82) is 0 Å². The van der Waals surface area contributed by atoms with Crippen LogP contribution in [0.25, 0.3) is 72.7 Å². The molecule has 1 aromatic heterocycles. The lowest BCUT2D eigenvalue weighted by molar-refractivity contribution is 0.669. The highest BCUT2D eigenvalue weighted by atomic mass is 16.3. The molecule has 6 aromatic rings. The number of fused-ring (bicyclic) bond motifs is 4. The van der Waals surface area contributed by atoms with Crippen LogP contribution in [0.4, 0.5) is 0 Å². The van der Waals surface area contributed by atoms with Crippen molar-refractivity contribution in [3.63, 3.8) is 0 Å². The summed E-state index contributed by atoms with van der Waals surface area (Å²) in [7, 11) is 0. The van der Waals surface area contributed by atoms with Gasteiger partial charge in [0, 0.05) is 10.8 Å². The van der Waals surface area contributed by atoms with Gasteiger partial charge in [-0.05, 0) is 80.4 Å². The van der Waals surface area contributed by atoms with Gasteiger partial charge in [-0.1, -0.05) is 129 Å². The fraction of sp³-hybridized carbons (Fsp3) is 0.0256. The molecule has 0 aliphatic rings. The van der Waals surface area contributed by atoms with Gasteiger partial charge in [-0.3, -0.25) is 0 Å². The standard InChI is InChI=1S/C39H30O/c1-5-9-16-26(6-2)28-23-24-33-36(25-28)40-35-22-15-21-34(39(33)35)38-30(8-4)29(7-3)37(27-17-11-10-12-18-27)31-19-13-14-20-32(31)38/h5-25H,1,3-4H2,2H3/b16-9-,26-6+. The number of hydrogen-bond donors (Lipinski definition) is 0. The zero-order valence-electron chi connectivity index (χ0n) is 22.7. The average molecular weight is 515 g/mol. The molecule has 0 aliphatic carbocycles. The van der Waals surface area contributed by atoms with Crippen LogP contribution in [-0.2, 0) is 0 Å². The quantitative estimate of drug-likeness (QED) is 0.193. The maximum atomic E-state index is 6.47. The van der Waals surface area contributed by atoms with Crippen LogP contribution in [0, 0.1) is 0 Å². The minimum absolute atomic E-state index is 0.861. The summed E-state index contributed by atoms with van der Waals surface area (Å²) in [5.74, 6) is 0. The molecule has 40 heavy (non-hydrogen) atoms. The Hall–Kier alpha value is -5.14. The zero-order valence-corrected chi connectivity index (χ0v) is 22.7. The van der Waals surface area contributed by atoms with Crippen LogP contribution < -0.4 is 0 Å². The number of rotatable bonds is 7. The molecule has 6 rings (SSSR count). The molecule has 5 aromatic carbocycles. The van der Waals surface area contributed by atoms with Crippen LogP contribution in [0.5, 0.6) is 0 Å². The van der Waals surface area contributed by atoms with Crippen molar-refractivity contribution in [3.05, 3.63) is 152 Å². The van der Waals surface area contributed by atoms with Gasteiger partial charge in [0.2, 0.25) is 0 Å². The van der Waals surface area contributed by atoms with Gasteiger partial charge >= 0.3 is 0 Å². The van der Waals surface area contributed by atoms with Crippen molar-refractivity contribution in [1.82, 2.24) is 0 Å². The topological polar surface area (TPSA) is 13.1 Å². The molecule has 0 aliphatic heterocycles. The van der Waals surface area contributed by atoms with E-state index in [4.69, 9.17) is 4.42 Å². The van der Waals surface area contributed by atoms with Crippen LogP contribution in [-0.4, -0.2) is 0 Å². The van der Waals surface area contributed by atoms with E-state index in [2.05, 4.69) is 117 Å². The molecule has 192 valence electrons. The molecule has 0 spiro atoms. The van der Waals surface area contributed by atoms with Gasteiger partial charge in [0.1, 0.15) is 11.2 Å². The molecule has 0 N–H and O–H groups in total. The fourth-order valence-corrected chi connectivity index (χ4v) is 5.85. The largest absolute Gasteiger partial charge is 0.456 e. The van der Waals surface area contributed by atoms with E-state index in [0.717, 1.165) is 60.9 Å². The van der Waals surface area contributed by atoms with Gasteiger partial charge in [0.05, 0.1) is 0 Å². The average Bonchev–Trinajstić information content (AvgIpc) is 3.39. The molecule has 0 fully saturated rings. The monoisotopic (exact) mass is 514 g/mol. The summed E-state index contributed by atoms with van der Waals surface area (Å²) in [4.78, 5) is 0. The summed E-state index contributed by atoms with van der Waals surface area (Å²) in [5.41, 5.74) is 10.7. The molecule has 0 bridgehead atoms. The van der Waals surface area contributed by atoms with Crippen LogP contribution in [0.1, 0.15) is 23.6 Å². The molecule has 0 unspecified atom stereocenters. The number of benzene rings is 5. The van der Waals surface area contributed by atoms with Gasteiger partial charge in [-0.25, -0.2) is 0 Å². The lowest BCUT2D eigenvalue weighted by atomic mass is 9.82. The smallest absolute Gasteiger partial charge is 0.136 e. The van der Waals surface area contributed by atoms with Gasteiger partial charge in [0.25, 0.3) is 0 Å². The lowest BCUT2D eigenvalue weighted by Gasteiger charge is -2.20. The summed E-state index contributed by atoms with van der Waals surface area (Å²) >= 11 is 0. The van der Waals surface area contributed by atoms with Gasteiger partial charge in [-0.2, -0.15) is 0 Å². The van der Waals surface area contributed by atoms with E-state index in [0.29, 0.717) is 0 Å². The van der Waals surface area contributed by atoms with Crippen molar-refractivity contribution in [2.24, 2.45) is 0 Å². The Morgan fingerprint density at radius 2 is 1.38 bits per heavy atom. The maximum Gasteiger partial charge on any atom is 0.136 e. The molecular weight excluding hydrogens is 484 g/mol. The lowest BCUT2D eigenvalue weighted by Crippen LogP contribution is -1.96. The maximum absolute atomic E-state index is 6.47. The third-order valence-corrected chi connectivity index (χ3v) is 7.59. The molecule has 0 saturated carbocycles. The van der Waals surface area contributed by atoms with E-state index in [1.807, 2.05) is 31.2 Å². The molecule has 1 nitrogen and oxygen atoms in total. The second kappa shape index (κ2) is 10.6. The van der Waals surface area contributed by atoms with E-state index >= 15 is 0 Å². The first kappa shape index (κ1) is 25.2. The Morgan fingerprint density at radius 1 is 0.675 bits per heavy atom. The van der Waals surface area contributed by atoms with E-state index in [1.54, 1.807) is 6.08 Å². The summed E-state index contributed by atoms with van der Waals surface area (Å²) in [6.45, 7) is 14.4. The minimum Gasteiger partial charge on any atom is -0.456 e. The highest BCUT2D eigenvalue weighted by Crippen LogP contribution is 2.46. The van der Waals surface area contributed by atoms with Crippen LogP contribution in [0.2, 0.25) is 0 Å². The van der Waals surface area contributed by atoms with Crippen molar-refractivity contribution in [2.75, 3.05) is 0 Å². The predicted octanol–water partition coefficient (Wildman–Crippen LogP) is 11.5. The number of hydrogen-bond acceptors (Lipinski definition) is 1. The number of furan rings is 1. The Labute approximate surface area is 235 Å². The Bertz CT molecular complexity index is 1990. The third kappa shape index (κ3) is 4.04. The van der Waals surface area contributed by atoms with E-state index in [-0.39, 0.29) is 0 Å². The molecule has 1 heteroatoms. The van der Waals surface area contributed by atoms with E-state index < -0.39 is 0 Å². The first-order valence-electron chi connectivity index (χ1n) is 13.5. The van der Waals surface area contributed by atoms with Crippen molar-refractivity contribution in [3.8, 4) is 22.3 Å². The normalized spacial score (nSPS) is 12.0. The van der Waals surface area contributed by atoms with Crippen molar-refractivity contribution >= 4 is 50.4 Å². The fourth-order valence-electron chi connectivity index (χ4n) is 5.85. The molecule has 0 radical (unpaired) electrons. The predicted molar refractivity (Wildman–Crippen MR) is 175 cm³/mol. The summed E-state index contributed by atoms with van der Waals surface area (Å²) in [5, 5.41) is 4.54. The molecule has 0 atom stereocenters. The van der Waals surface area contributed by atoms with Gasteiger partial charge in [0.15, 0.2) is 0 Å². The Kier molecular flexibility index (Phi) is 6.64. The molecule has 0 amide bonds. The minimum atomic E-state index is 0.861. The summed E-state index contributed by atoms with van der Waals surface area (Å²) in [6, 6.07) is 31.9.